The van der Waals surface area contributed by atoms with Gasteiger partial charge in [0.2, 0.25) is 0 Å². The smallest absolute Gasteiger partial charge is 0.191 e. The van der Waals surface area contributed by atoms with Crippen molar-refractivity contribution in [1.29, 1.82) is 0 Å². The van der Waals surface area contributed by atoms with Gasteiger partial charge in [-0.2, -0.15) is 0 Å². The summed E-state index contributed by atoms with van der Waals surface area (Å²) in [7, 11) is 0. The highest BCUT2D eigenvalue weighted by Crippen LogP contribution is 2.12. The molecule has 0 aromatic rings. The van der Waals surface area contributed by atoms with Crippen LogP contribution in [0, 0.1) is 5.92 Å². The second-order valence-electron chi connectivity index (χ2n) is 4.04. The van der Waals surface area contributed by atoms with Gasteiger partial charge in [-0.25, -0.2) is 0 Å². The Balaban J connectivity index is 0.00000225. The van der Waals surface area contributed by atoms with Crippen molar-refractivity contribution in [2.75, 3.05) is 19.6 Å². The Bertz CT molecular complexity index is 207. The van der Waals surface area contributed by atoms with Crippen LogP contribution in [0.1, 0.15) is 33.1 Å². The lowest BCUT2D eigenvalue weighted by Gasteiger charge is -2.22. The zero-order chi connectivity index (χ0) is 11.1. The standard InChI is InChI=1S/C11H23N3O.HI/c1-3-9(4-2)10(15)8-14-11-12-6-5-7-13-11;/h9-10,15H,3-8H2,1-2H3,(H2,12,13,14);1H. The number of nitrogens with zero attached hydrogens (tertiary/aromatic N) is 1. The Hall–Kier alpha value is -0.0400. The zero-order valence-electron chi connectivity index (χ0n) is 10.2. The SMILES string of the molecule is CCC(CC)C(O)CNC1=NCCCN1.I. The monoisotopic (exact) mass is 341 g/mol. The van der Waals surface area contributed by atoms with Crippen molar-refractivity contribution >= 4 is 29.9 Å². The third-order valence-electron chi connectivity index (χ3n) is 2.97. The summed E-state index contributed by atoms with van der Waals surface area (Å²) < 4.78 is 0. The molecule has 0 saturated heterocycles. The maximum Gasteiger partial charge on any atom is 0.191 e. The van der Waals surface area contributed by atoms with Crippen LogP contribution >= 0.6 is 24.0 Å². The van der Waals surface area contributed by atoms with Gasteiger partial charge < -0.3 is 15.7 Å². The van der Waals surface area contributed by atoms with Gasteiger partial charge in [-0.15, -0.1) is 24.0 Å². The molecule has 96 valence electrons. The quantitative estimate of drug-likeness (QED) is 0.662. The first-order chi connectivity index (χ1) is 7.27. The van der Waals surface area contributed by atoms with E-state index in [0.29, 0.717) is 12.5 Å². The van der Waals surface area contributed by atoms with Crippen LogP contribution < -0.4 is 10.6 Å². The van der Waals surface area contributed by atoms with E-state index in [9.17, 15) is 5.11 Å². The number of nitrogens with one attached hydrogen (secondary N) is 2. The van der Waals surface area contributed by atoms with Gasteiger partial charge in [-0.05, 0) is 12.3 Å². The van der Waals surface area contributed by atoms with Crippen molar-refractivity contribution in [1.82, 2.24) is 10.6 Å². The molecular weight excluding hydrogens is 317 g/mol. The Labute approximate surface area is 115 Å². The van der Waals surface area contributed by atoms with E-state index in [4.69, 9.17) is 0 Å². The molecule has 0 radical (unpaired) electrons. The van der Waals surface area contributed by atoms with Crippen LogP contribution in [0.25, 0.3) is 0 Å². The maximum atomic E-state index is 9.89. The molecule has 0 saturated carbocycles. The highest BCUT2D eigenvalue weighted by atomic mass is 127. The molecule has 1 unspecified atom stereocenters. The molecule has 0 fully saturated rings. The Morgan fingerprint density at radius 2 is 2.12 bits per heavy atom. The number of halogens is 1. The number of aliphatic hydroxyl groups is 1. The average molecular weight is 341 g/mol. The number of aliphatic hydroxyl groups excluding tert-OH is 1. The van der Waals surface area contributed by atoms with Gasteiger partial charge in [0.15, 0.2) is 5.96 Å². The lowest BCUT2D eigenvalue weighted by molar-refractivity contribution is 0.106. The minimum absolute atomic E-state index is 0. The van der Waals surface area contributed by atoms with Gasteiger partial charge in [0, 0.05) is 19.6 Å². The average Bonchev–Trinajstić information content (AvgIpc) is 2.29. The van der Waals surface area contributed by atoms with Gasteiger partial charge in [0.25, 0.3) is 0 Å². The van der Waals surface area contributed by atoms with Gasteiger partial charge in [-0.1, -0.05) is 26.7 Å². The normalized spacial score (nSPS) is 17.1. The molecule has 0 aliphatic carbocycles. The van der Waals surface area contributed by atoms with E-state index in [0.717, 1.165) is 38.3 Å². The fourth-order valence-corrected chi connectivity index (χ4v) is 1.85. The maximum absolute atomic E-state index is 9.89. The molecule has 1 aliphatic rings. The van der Waals surface area contributed by atoms with E-state index in [-0.39, 0.29) is 30.1 Å². The molecule has 0 bridgehead atoms. The first kappa shape index (κ1) is 16.0. The molecule has 0 aromatic heterocycles. The third-order valence-corrected chi connectivity index (χ3v) is 2.97. The molecule has 3 N–H and O–H groups in total. The van der Waals surface area contributed by atoms with E-state index in [1.165, 1.54) is 0 Å². The van der Waals surface area contributed by atoms with E-state index < -0.39 is 0 Å². The van der Waals surface area contributed by atoms with Crippen molar-refractivity contribution in [2.24, 2.45) is 10.9 Å². The van der Waals surface area contributed by atoms with Crippen LogP contribution in [-0.4, -0.2) is 36.8 Å². The fraction of sp³-hybridized carbons (Fsp3) is 0.909. The van der Waals surface area contributed by atoms with Crippen LogP contribution in [0.15, 0.2) is 4.99 Å². The Morgan fingerprint density at radius 3 is 2.62 bits per heavy atom. The number of aliphatic imine (C=N–C) groups is 1. The highest BCUT2D eigenvalue weighted by Gasteiger charge is 2.15. The summed E-state index contributed by atoms with van der Waals surface area (Å²) in [5, 5.41) is 16.2. The minimum Gasteiger partial charge on any atom is -0.391 e. The van der Waals surface area contributed by atoms with Gasteiger partial charge in [0.1, 0.15) is 0 Å². The molecule has 1 aliphatic heterocycles. The Morgan fingerprint density at radius 1 is 1.44 bits per heavy atom. The molecule has 5 heteroatoms. The van der Waals surface area contributed by atoms with Crippen LogP contribution in [0.4, 0.5) is 0 Å². The molecule has 0 amide bonds. The van der Waals surface area contributed by atoms with Gasteiger partial charge in [-0.3, -0.25) is 4.99 Å². The minimum atomic E-state index is -0.272. The summed E-state index contributed by atoms with van der Waals surface area (Å²) in [4.78, 5) is 4.30. The third kappa shape index (κ3) is 5.34. The van der Waals surface area contributed by atoms with Crippen molar-refractivity contribution in [3.05, 3.63) is 0 Å². The number of hydrogen-bond acceptors (Lipinski definition) is 4. The number of guanidine groups is 1. The molecule has 1 atom stereocenters. The van der Waals surface area contributed by atoms with Crippen LogP contribution in [0.5, 0.6) is 0 Å². The molecule has 4 nitrogen and oxygen atoms in total. The van der Waals surface area contributed by atoms with E-state index in [1.54, 1.807) is 0 Å². The van der Waals surface area contributed by atoms with Crippen molar-refractivity contribution in [2.45, 2.75) is 39.2 Å². The van der Waals surface area contributed by atoms with E-state index in [2.05, 4.69) is 29.5 Å². The summed E-state index contributed by atoms with van der Waals surface area (Å²) in [6, 6.07) is 0. The molecule has 0 spiro atoms. The second-order valence-corrected chi connectivity index (χ2v) is 4.04. The summed E-state index contributed by atoms with van der Waals surface area (Å²) in [5.74, 6) is 1.23. The van der Waals surface area contributed by atoms with Crippen molar-refractivity contribution in [3.63, 3.8) is 0 Å². The summed E-state index contributed by atoms with van der Waals surface area (Å²) >= 11 is 0. The Kier molecular flexibility index (Phi) is 9.02. The first-order valence-electron chi connectivity index (χ1n) is 5.98. The number of rotatable bonds is 5. The van der Waals surface area contributed by atoms with Crippen LogP contribution in [-0.2, 0) is 0 Å². The predicted molar refractivity (Wildman–Crippen MR) is 78.4 cm³/mol. The van der Waals surface area contributed by atoms with E-state index in [1.807, 2.05) is 0 Å². The molecule has 16 heavy (non-hydrogen) atoms. The summed E-state index contributed by atoms with van der Waals surface area (Å²) in [5.41, 5.74) is 0. The molecule has 1 rings (SSSR count). The highest BCUT2D eigenvalue weighted by molar-refractivity contribution is 14.0. The fourth-order valence-electron chi connectivity index (χ4n) is 1.85. The van der Waals surface area contributed by atoms with Crippen molar-refractivity contribution < 1.29 is 5.11 Å². The van der Waals surface area contributed by atoms with Gasteiger partial charge in [0.05, 0.1) is 6.10 Å². The predicted octanol–water partition coefficient (Wildman–Crippen LogP) is 1.34. The van der Waals surface area contributed by atoms with Gasteiger partial charge >= 0.3 is 0 Å². The summed E-state index contributed by atoms with van der Waals surface area (Å²) in [6.07, 6.45) is 2.88. The second kappa shape index (κ2) is 9.04. The lowest BCUT2D eigenvalue weighted by atomic mass is 9.97. The van der Waals surface area contributed by atoms with Crippen LogP contribution in [0.2, 0.25) is 0 Å². The first-order valence-corrected chi connectivity index (χ1v) is 5.98. The lowest BCUT2D eigenvalue weighted by Crippen LogP contribution is -2.45. The topological polar surface area (TPSA) is 56.6 Å². The molecular formula is C11H24IN3O. The van der Waals surface area contributed by atoms with Crippen LogP contribution in [0.3, 0.4) is 0 Å². The van der Waals surface area contributed by atoms with Crippen molar-refractivity contribution in [3.8, 4) is 0 Å². The molecule has 1 heterocycles. The molecule has 0 aromatic carbocycles. The summed E-state index contributed by atoms with van der Waals surface area (Å²) in [6.45, 7) is 6.70. The number of hydrogen-bond donors (Lipinski definition) is 3. The largest absolute Gasteiger partial charge is 0.391 e. The van der Waals surface area contributed by atoms with E-state index >= 15 is 0 Å². The zero-order valence-corrected chi connectivity index (χ0v) is 12.5.